The number of amides is 3. The van der Waals surface area contributed by atoms with E-state index in [1.807, 2.05) is 30.3 Å². The number of benzene rings is 2. The Bertz CT molecular complexity index is 1010. The van der Waals surface area contributed by atoms with Crippen molar-refractivity contribution in [3.8, 4) is 17.2 Å². The molecule has 9 nitrogen and oxygen atoms in total. The molecular weight excluding hydrogens is 450 g/mol. The summed E-state index contributed by atoms with van der Waals surface area (Å²) in [6.07, 6.45) is 2.92. The molecule has 2 aromatic rings. The maximum absolute atomic E-state index is 13.4. The van der Waals surface area contributed by atoms with Gasteiger partial charge in [-0.25, -0.2) is 9.59 Å². The normalized spacial score (nSPS) is 13.5. The van der Waals surface area contributed by atoms with Crippen molar-refractivity contribution in [2.75, 3.05) is 38.8 Å². The van der Waals surface area contributed by atoms with Gasteiger partial charge in [0.1, 0.15) is 5.75 Å². The summed E-state index contributed by atoms with van der Waals surface area (Å²) >= 11 is 0. The van der Waals surface area contributed by atoms with Crippen LogP contribution in [0.3, 0.4) is 0 Å². The Morgan fingerprint density at radius 1 is 1.03 bits per heavy atom. The molecule has 0 aromatic heterocycles. The van der Waals surface area contributed by atoms with E-state index >= 15 is 0 Å². The molecule has 0 radical (unpaired) electrons. The first kappa shape index (κ1) is 26.0. The standard InChI is InChI=1S/C26H35N3O6/c1-4-5-6-14-35-24-16-21(10-11-22(24)33-2)29-13-7-12-28(26(29)32)18-20-9-8-19(15-23(20)34-3)17-27-25(30)31/h8-11,15-16,27H,4-7,12-14,17-18H2,1-3H3,(H,30,31). The Morgan fingerprint density at radius 2 is 1.83 bits per heavy atom. The van der Waals surface area contributed by atoms with Gasteiger partial charge in [0, 0.05) is 37.0 Å². The Balaban J connectivity index is 1.73. The summed E-state index contributed by atoms with van der Waals surface area (Å²) in [5, 5.41) is 11.2. The first-order chi connectivity index (χ1) is 17.0. The summed E-state index contributed by atoms with van der Waals surface area (Å²) < 4.78 is 16.9. The van der Waals surface area contributed by atoms with Crippen molar-refractivity contribution in [3.63, 3.8) is 0 Å². The Morgan fingerprint density at radius 3 is 2.54 bits per heavy atom. The number of carbonyl (C=O) groups is 2. The average Bonchev–Trinajstić information content (AvgIpc) is 2.87. The van der Waals surface area contributed by atoms with Crippen molar-refractivity contribution in [1.29, 1.82) is 0 Å². The highest BCUT2D eigenvalue weighted by atomic mass is 16.5. The molecule has 1 aliphatic heterocycles. The molecule has 1 fully saturated rings. The van der Waals surface area contributed by atoms with Gasteiger partial charge in [0.25, 0.3) is 0 Å². The van der Waals surface area contributed by atoms with Gasteiger partial charge in [0.15, 0.2) is 11.5 Å². The molecule has 0 aliphatic carbocycles. The molecule has 1 aliphatic rings. The van der Waals surface area contributed by atoms with E-state index in [2.05, 4.69) is 12.2 Å². The lowest BCUT2D eigenvalue weighted by atomic mass is 10.1. The van der Waals surface area contributed by atoms with Crippen LogP contribution in [0.1, 0.15) is 43.7 Å². The number of methoxy groups -OCH3 is 2. The zero-order valence-electron chi connectivity index (χ0n) is 20.7. The minimum absolute atomic E-state index is 0.0861. The first-order valence-electron chi connectivity index (χ1n) is 12.0. The molecule has 1 heterocycles. The zero-order valence-corrected chi connectivity index (χ0v) is 20.7. The number of anilines is 1. The van der Waals surface area contributed by atoms with E-state index in [-0.39, 0.29) is 12.6 Å². The van der Waals surface area contributed by atoms with E-state index in [1.54, 1.807) is 30.1 Å². The highest BCUT2D eigenvalue weighted by Gasteiger charge is 2.28. The van der Waals surface area contributed by atoms with Crippen LogP contribution in [-0.4, -0.2) is 56.0 Å². The van der Waals surface area contributed by atoms with Gasteiger partial charge < -0.3 is 29.5 Å². The summed E-state index contributed by atoms with van der Waals surface area (Å²) in [7, 11) is 3.18. The molecule has 3 amide bonds. The molecule has 0 spiro atoms. The Labute approximate surface area is 206 Å². The van der Waals surface area contributed by atoms with Crippen molar-refractivity contribution in [2.24, 2.45) is 0 Å². The van der Waals surface area contributed by atoms with E-state index in [0.717, 1.165) is 42.5 Å². The molecule has 0 atom stereocenters. The van der Waals surface area contributed by atoms with Crippen LogP contribution in [0, 0.1) is 0 Å². The lowest BCUT2D eigenvalue weighted by Crippen LogP contribution is -2.49. The molecule has 9 heteroatoms. The molecule has 2 N–H and O–H groups in total. The van der Waals surface area contributed by atoms with Crippen LogP contribution in [0.15, 0.2) is 36.4 Å². The molecule has 3 rings (SSSR count). The minimum Gasteiger partial charge on any atom is -0.496 e. The number of nitrogens with zero attached hydrogens (tertiary/aromatic N) is 2. The van der Waals surface area contributed by atoms with Crippen LogP contribution < -0.4 is 24.4 Å². The lowest BCUT2D eigenvalue weighted by molar-refractivity contribution is 0.191. The predicted molar refractivity (Wildman–Crippen MR) is 134 cm³/mol. The fourth-order valence-electron chi connectivity index (χ4n) is 4.06. The molecule has 190 valence electrons. The minimum atomic E-state index is -1.08. The highest BCUT2D eigenvalue weighted by molar-refractivity contribution is 5.93. The number of carbonyl (C=O) groups excluding carboxylic acids is 1. The summed E-state index contributed by atoms with van der Waals surface area (Å²) in [6.45, 7) is 4.58. The van der Waals surface area contributed by atoms with Crippen LogP contribution >= 0.6 is 0 Å². The summed E-state index contributed by atoms with van der Waals surface area (Å²) in [4.78, 5) is 27.7. The van der Waals surface area contributed by atoms with Crippen molar-refractivity contribution in [2.45, 2.75) is 45.7 Å². The van der Waals surface area contributed by atoms with Gasteiger partial charge in [-0.05, 0) is 36.6 Å². The fourth-order valence-corrected chi connectivity index (χ4v) is 4.06. The third-order valence-corrected chi connectivity index (χ3v) is 5.93. The van der Waals surface area contributed by atoms with Gasteiger partial charge in [0.05, 0.1) is 27.4 Å². The van der Waals surface area contributed by atoms with Gasteiger partial charge in [-0.3, -0.25) is 4.90 Å². The number of ether oxygens (including phenoxy) is 3. The third-order valence-electron chi connectivity index (χ3n) is 5.93. The number of unbranched alkanes of at least 4 members (excludes halogenated alkanes) is 2. The van der Waals surface area contributed by atoms with Crippen LogP contribution in [0.5, 0.6) is 17.2 Å². The van der Waals surface area contributed by atoms with Gasteiger partial charge in [-0.15, -0.1) is 0 Å². The molecule has 0 unspecified atom stereocenters. The predicted octanol–water partition coefficient (Wildman–Crippen LogP) is 4.87. The van der Waals surface area contributed by atoms with Crippen LogP contribution in [0.25, 0.3) is 0 Å². The maximum Gasteiger partial charge on any atom is 0.404 e. The van der Waals surface area contributed by atoms with Crippen molar-refractivity contribution in [1.82, 2.24) is 10.2 Å². The number of hydrogen-bond donors (Lipinski definition) is 2. The molecule has 35 heavy (non-hydrogen) atoms. The van der Waals surface area contributed by atoms with Crippen molar-refractivity contribution < 1.29 is 28.9 Å². The van der Waals surface area contributed by atoms with E-state index in [0.29, 0.717) is 43.5 Å². The quantitative estimate of drug-likeness (QED) is 0.416. The van der Waals surface area contributed by atoms with Gasteiger partial charge in [-0.2, -0.15) is 0 Å². The lowest BCUT2D eigenvalue weighted by Gasteiger charge is -2.36. The molecular formula is C26H35N3O6. The first-order valence-corrected chi connectivity index (χ1v) is 12.0. The van der Waals surface area contributed by atoms with Crippen LogP contribution in [0.2, 0.25) is 0 Å². The smallest absolute Gasteiger partial charge is 0.404 e. The summed E-state index contributed by atoms with van der Waals surface area (Å²) in [6, 6.07) is 11.0. The van der Waals surface area contributed by atoms with Gasteiger partial charge in [-0.1, -0.05) is 31.9 Å². The van der Waals surface area contributed by atoms with E-state index in [4.69, 9.17) is 19.3 Å². The summed E-state index contributed by atoms with van der Waals surface area (Å²) in [5.41, 5.74) is 2.41. The average molecular weight is 486 g/mol. The number of hydrogen-bond acceptors (Lipinski definition) is 5. The van der Waals surface area contributed by atoms with Gasteiger partial charge in [0.2, 0.25) is 0 Å². The van der Waals surface area contributed by atoms with Crippen LogP contribution in [-0.2, 0) is 13.1 Å². The van der Waals surface area contributed by atoms with Crippen LogP contribution in [0.4, 0.5) is 15.3 Å². The zero-order chi connectivity index (χ0) is 25.2. The molecule has 1 saturated heterocycles. The maximum atomic E-state index is 13.4. The number of nitrogens with one attached hydrogen (secondary N) is 1. The Kier molecular flexibility index (Phi) is 9.46. The summed E-state index contributed by atoms with van der Waals surface area (Å²) in [5.74, 6) is 1.90. The fraction of sp³-hybridized carbons (Fsp3) is 0.462. The van der Waals surface area contributed by atoms with E-state index in [1.165, 1.54) is 0 Å². The van der Waals surface area contributed by atoms with Crippen molar-refractivity contribution >= 4 is 17.8 Å². The molecule has 2 aromatic carbocycles. The largest absolute Gasteiger partial charge is 0.496 e. The second-order valence-corrected chi connectivity index (χ2v) is 8.40. The SMILES string of the molecule is CCCCCOc1cc(N2CCCN(Cc3ccc(CNC(=O)O)cc3OC)C2=O)ccc1OC. The molecule has 0 bridgehead atoms. The second-order valence-electron chi connectivity index (χ2n) is 8.40. The van der Waals surface area contributed by atoms with E-state index < -0.39 is 6.09 Å². The number of rotatable bonds is 12. The van der Waals surface area contributed by atoms with E-state index in [9.17, 15) is 9.59 Å². The van der Waals surface area contributed by atoms with Crippen molar-refractivity contribution in [3.05, 3.63) is 47.5 Å². The number of carboxylic acid groups (broad SMARTS) is 1. The molecule has 0 saturated carbocycles. The van der Waals surface area contributed by atoms with Gasteiger partial charge >= 0.3 is 12.1 Å². The third kappa shape index (κ3) is 6.94. The second kappa shape index (κ2) is 12.7. The topological polar surface area (TPSA) is 101 Å². The number of urea groups is 1. The highest BCUT2D eigenvalue weighted by Crippen LogP contribution is 2.34. The Hall–Kier alpha value is -3.62. The monoisotopic (exact) mass is 485 g/mol.